The molecule has 0 heterocycles. The number of hydrogen-bond donors (Lipinski definition) is 3. The van der Waals surface area contributed by atoms with Gasteiger partial charge in [0.2, 0.25) is 10.0 Å². The number of halogens is 1. The fraction of sp³-hybridized carbons (Fsp3) is 0.533. The third-order valence-corrected chi connectivity index (χ3v) is 4.66. The molecule has 1 rings (SSSR count). The van der Waals surface area contributed by atoms with Gasteiger partial charge in [0.05, 0.1) is 5.75 Å². The van der Waals surface area contributed by atoms with Crippen molar-refractivity contribution in [3.63, 3.8) is 0 Å². The maximum atomic E-state index is 13.2. The first-order chi connectivity index (χ1) is 10.9. The van der Waals surface area contributed by atoms with E-state index in [1.54, 1.807) is 33.0 Å². The van der Waals surface area contributed by atoms with Crippen molar-refractivity contribution in [2.24, 2.45) is 4.99 Å². The molecule has 8 heteroatoms. The first-order valence-corrected chi connectivity index (χ1v) is 9.20. The number of sulfonamides is 1. The Bertz CT molecular complexity index is 632. The minimum atomic E-state index is -3.13. The van der Waals surface area contributed by atoms with Gasteiger partial charge in [-0.2, -0.15) is 0 Å². The van der Waals surface area contributed by atoms with Crippen LogP contribution >= 0.6 is 0 Å². The minimum Gasteiger partial charge on any atom is -0.356 e. The van der Waals surface area contributed by atoms with Gasteiger partial charge in [-0.25, -0.2) is 17.5 Å². The number of nitrogens with one attached hydrogen (secondary N) is 3. The molecular formula is C15H25FN4O2S. The van der Waals surface area contributed by atoms with E-state index < -0.39 is 10.0 Å². The van der Waals surface area contributed by atoms with Crippen molar-refractivity contribution in [2.75, 3.05) is 25.9 Å². The van der Waals surface area contributed by atoms with Crippen LogP contribution in [0.25, 0.3) is 0 Å². The zero-order valence-electron chi connectivity index (χ0n) is 13.8. The van der Waals surface area contributed by atoms with Crippen LogP contribution in [-0.2, 0) is 16.6 Å². The highest BCUT2D eigenvalue weighted by atomic mass is 32.2. The van der Waals surface area contributed by atoms with Crippen LogP contribution in [-0.4, -0.2) is 40.3 Å². The van der Waals surface area contributed by atoms with E-state index in [1.165, 1.54) is 6.07 Å². The number of rotatable bonds is 8. The first kappa shape index (κ1) is 19.4. The molecular weight excluding hydrogens is 319 g/mol. The molecule has 0 amide bonds. The number of guanidine groups is 1. The van der Waals surface area contributed by atoms with E-state index in [0.29, 0.717) is 37.6 Å². The third-order valence-electron chi connectivity index (χ3n) is 3.25. The molecule has 0 radical (unpaired) electrons. The molecule has 1 aromatic rings. The SMILES string of the molecule is CCS(=O)(=O)NCCCNC(=NC)NCc1ccc(F)c(C)c1. The highest BCUT2D eigenvalue weighted by Crippen LogP contribution is 2.08. The molecule has 23 heavy (non-hydrogen) atoms. The lowest BCUT2D eigenvalue weighted by atomic mass is 10.1. The Morgan fingerprint density at radius 3 is 2.61 bits per heavy atom. The van der Waals surface area contributed by atoms with Crippen molar-refractivity contribution in [1.29, 1.82) is 0 Å². The summed E-state index contributed by atoms with van der Waals surface area (Å²) in [6, 6.07) is 4.96. The van der Waals surface area contributed by atoms with Crippen LogP contribution in [0, 0.1) is 12.7 Å². The number of hydrogen-bond acceptors (Lipinski definition) is 3. The van der Waals surface area contributed by atoms with Gasteiger partial charge in [0, 0.05) is 26.7 Å². The summed E-state index contributed by atoms with van der Waals surface area (Å²) in [5.74, 6) is 0.483. The maximum Gasteiger partial charge on any atom is 0.211 e. The molecule has 0 unspecified atom stereocenters. The van der Waals surface area contributed by atoms with Gasteiger partial charge in [-0.05, 0) is 37.5 Å². The van der Waals surface area contributed by atoms with Gasteiger partial charge in [0.15, 0.2) is 5.96 Å². The molecule has 0 aliphatic rings. The fourth-order valence-electron chi connectivity index (χ4n) is 1.85. The topological polar surface area (TPSA) is 82.6 Å². The molecule has 3 N–H and O–H groups in total. The van der Waals surface area contributed by atoms with Crippen LogP contribution < -0.4 is 15.4 Å². The predicted octanol–water partition coefficient (Wildman–Crippen LogP) is 1.13. The molecule has 0 saturated carbocycles. The summed E-state index contributed by atoms with van der Waals surface area (Å²) in [6.45, 7) is 4.84. The van der Waals surface area contributed by atoms with Crippen molar-refractivity contribution < 1.29 is 12.8 Å². The van der Waals surface area contributed by atoms with E-state index in [-0.39, 0.29) is 11.6 Å². The summed E-state index contributed by atoms with van der Waals surface area (Å²) < 4.78 is 38.3. The molecule has 0 spiro atoms. The summed E-state index contributed by atoms with van der Waals surface area (Å²) in [6.07, 6.45) is 0.648. The Morgan fingerprint density at radius 2 is 2.00 bits per heavy atom. The van der Waals surface area contributed by atoms with Crippen molar-refractivity contribution in [2.45, 2.75) is 26.8 Å². The number of aryl methyl sites for hydroxylation is 1. The Labute approximate surface area is 137 Å². The predicted molar refractivity (Wildman–Crippen MR) is 91.4 cm³/mol. The van der Waals surface area contributed by atoms with E-state index in [0.717, 1.165) is 5.56 Å². The minimum absolute atomic E-state index is 0.0841. The van der Waals surface area contributed by atoms with Gasteiger partial charge < -0.3 is 10.6 Å². The van der Waals surface area contributed by atoms with Gasteiger partial charge in [-0.1, -0.05) is 12.1 Å². The number of benzene rings is 1. The summed E-state index contributed by atoms with van der Waals surface area (Å²) >= 11 is 0. The molecule has 1 aromatic carbocycles. The van der Waals surface area contributed by atoms with Crippen LogP contribution in [0.5, 0.6) is 0 Å². The van der Waals surface area contributed by atoms with E-state index in [1.807, 2.05) is 0 Å². The molecule has 0 atom stereocenters. The van der Waals surface area contributed by atoms with Crippen LogP contribution in [0.3, 0.4) is 0 Å². The zero-order valence-corrected chi connectivity index (χ0v) is 14.6. The van der Waals surface area contributed by atoms with Gasteiger partial charge in [-0.3, -0.25) is 4.99 Å². The Balaban J connectivity index is 2.31. The molecule has 0 bridgehead atoms. The van der Waals surface area contributed by atoms with Crippen molar-refractivity contribution in [1.82, 2.24) is 15.4 Å². The van der Waals surface area contributed by atoms with E-state index in [9.17, 15) is 12.8 Å². The largest absolute Gasteiger partial charge is 0.356 e. The lowest BCUT2D eigenvalue weighted by molar-refractivity contribution is 0.579. The zero-order chi connectivity index (χ0) is 17.3. The normalized spacial score (nSPS) is 12.3. The molecule has 130 valence electrons. The average Bonchev–Trinajstić information content (AvgIpc) is 2.53. The standard InChI is InChI=1S/C15H25FN4O2S/c1-4-23(21,22)20-9-5-8-18-15(17-3)19-11-13-6-7-14(16)12(2)10-13/h6-7,10,20H,4-5,8-9,11H2,1-3H3,(H2,17,18,19). The molecule has 0 aromatic heterocycles. The summed E-state index contributed by atoms with van der Waals surface area (Å²) in [7, 11) is -1.48. The average molecular weight is 344 g/mol. The lowest BCUT2D eigenvalue weighted by Crippen LogP contribution is -2.38. The smallest absolute Gasteiger partial charge is 0.211 e. The van der Waals surface area contributed by atoms with Crippen LogP contribution in [0.1, 0.15) is 24.5 Å². The second-order valence-electron chi connectivity index (χ2n) is 5.09. The molecule has 0 aliphatic heterocycles. The second kappa shape index (κ2) is 9.46. The van der Waals surface area contributed by atoms with Crippen molar-refractivity contribution in [3.8, 4) is 0 Å². The van der Waals surface area contributed by atoms with Crippen molar-refractivity contribution >= 4 is 16.0 Å². The quantitative estimate of drug-likeness (QED) is 0.375. The van der Waals surface area contributed by atoms with E-state index >= 15 is 0 Å². The van der Waals surface area contributed by atoms with Crippen LogP contribution in [0.15, 0.2) is 23.2 Å². The third kappa shape index (κ3) is 7.43. The molecule has 6 nitrogen and oxygen atoms in total. The second-order valence-corrected chi connectivity index (χ2v) is 7.18. The fourth-order valence-corrected chi connectivity index (χ4v) is 2.51. The Kier molecular flexibility index (Phi) is 7.97. The van der Waals surface area contributed by atoms with Gasteiger partial charge in [-0.15, -0.1) is 0 Å². The van der Waals surface area contributed by atoms with Gasteiger partial charge in [0.25, 0.3) is 0 Å². The van der Waals surface area contributed by atoms with Crippen molar-refractivity contribution in [3.05, 3.63) is 35.1 Å². The summed E-state index contributed by atoms with van der Waals surface area (Å²) in [4.78, 5) is 4.09. The van der Waals surface area contributed by atoms with Gasteiger partial charge >= 0.3 is 0 Å². The monoisotopic (exact) mass is 344 g/mol. The Morgan fingerprint density at radius 1 is 1.26 bits per heavy atom. The Hall–Kier alpha value is -1.67. The number of nitrogens with zero attached hydrogens (tertiary/aromatic N) is 1. The molecule has 0 saturated heterocycles. The molecule has 0 fully saturated rings. The lowest BCUT2D eigenvalue weighted by Gasteiger charge is -2.12. The van der Waals surface area contributed by atoms with Crippen LogP contribution in [0.4, 0.5) is 4.39 Å². The molecule has 0 aliphatic carbocycles. The first-order valence-electron chi connectivity index (χ1n) is 7.55. The van der Waals surface area contributed by atoms with E-state index in [4.69, 9.17) is 0 Å². The van der Waals surface area contributed by atoms with Crippen LogP contribution in [0.2, 0.25) is 0 Å². The maximum absolute atomic E-state index is 13.2. The van der Waals surface area contributed by atoms with Gasteiger partial charge in [0.1, 0.15) is 5.82 Å². The summed E-state index contributed by atoms with van der Waals surface area (Å²) in [5.41, 5.74) is 1.57. The van der Waals surface area contributed by atoms with E-state index in [2.05, 4.69) is 20.3 Å². The highest BCUT2D eigenvalue weighted by molar-refractivity contribution is 7.89. The highest BCUT2D eigenvalue weighted by Gasteiger charge is 2.05. The summed E-state index contributed by atoms with van der Waals surface area (Å²) in [5, 5.41) is 6.23. The number of aliphatic imine (C=N–C) groups is 1.